The summed E-state index contributed by atoms with van der Waals surface area (Å²) in [5.74, 6) is 5.51. The van der Waals surface area contributed by atoms with Gasteiger partial charge in [0.2, 0.25) is 0 Å². The Balaban J connectivity index is 2.41. The Morgan fingerprint density at radius 1 is 1.21 bits per heavy atom. The highest BCUT2D eigenvalue weighted by atomic mass is 16.4. The van der Waals surface area contributed by atoms with Gasteiger partial charge in [-0.3, -0.25) is 14.4 Å². The molecule has 0 heterocycles. The summed E-state index contributed by atoms with van der Waals surface area (Å²) in [6.45, 7) is 2.11. The SMILES string of the molecule is CCCCCC(=O)/C=C/C1CCC(=O)C1CC#CCCCC(=O)O. The molecule has 0 aliphatic heterocycles. The Bertz CT molecular complexity index is 521. The van der Waals surface area contributed by atoms with Gasteiger partial charge in [0.15, 0.2) is 5.78 Å². The summed E-state index contributed by atoms with van der Waals surface area (Å²) >= 11 is 0. The quantitative estimate of drug-likeness (QED) is 0.374. The summed E-state index contributed by atoms with van der Waals surface area (Å²) in [6.07, 6.45) is 10.3. The van der Waals surface area contributed by atoms with Gasteiger partial charge in [-0.2, -0.15) is 0 Å². The Kier molecular flexibility index (Phi) is 9.76. The summed E-state index contributed by atoms with van der Waals surface area (Å²) in [5, 5.41) is 8.56. The fourth-order valence-electron chi connectivity index (χ4n) is 2.89. The van der Waals surface area contributed by atoms with Crippen LogP contribution in [0.25, 0.3) is 0 Å². The van der Waals surface area contributed by atoms with Gasteiger partial charge in [0.05, 0.1) is 0 Å². The Morgan fingerprint density at radius 3 is 2.71 bits per heavy atom. The smallest absolute Gasteiger partial charge is 0.303 e. The van der Waals surface area contributed by atoms with Crippen molar-refractivity contribution in [1.29, 1.82) is 0 Å². The summed E-state index contributed by atoms with van der Waals surface area (Å²) in [6, 6.07) is 0. The number of hydrogen-bond acceptors (Lipinski definition) is 3. The molecule has 4 heteroatoms. The minimum absolute atomic E-state index is 0.112. The van der Waals surface area contributed by atoms with Crippen molar-refractivity contribution < 1.29 is 19.5 Å². The molecule has 1 fully saturated rings. The van der Waals surface area contributed by atoms with Gasteiger partial charge in [0.1, 0.15) is 5.78 Å². The Morgan fingerprint density at radius 2 is 2.00 bits per heavy atom. The number of hydrogen-bond donors (Lipinski definition) is 1. The zero-order valence-electron chi connectivity index (χ0n) is 14.6. The van der Waals surface area contributed by atoms with Crippen molar-refractivity contribution in [3.05, 3.63) is 12.2 Å². The van der Waals surface area contributed by atoms with Crippen molar-refractivity contribution in [2.45, 2.75) is 71.1 Å². The van der Waals surface area contributed by atoms with E-state index in [1.54, 1.807) is 6.08 Å². The number of ketones is 2. The molecule has 2 unspecified atom stereocenters. The van der Waals surface area contributed by atoms with Crippen LogP contribution in [-0.2, 0) is 14.4 Å². The molecule has 2 atom stereocenters. The second kappa shape index (κ2) is 11.6. The predicted molar refractivity (Wildman–Crippen MR) is 93.4 cm³/mol. The third kappa shape index (κ3) is 8.10. The number of carboxylic acids is 1. The molecule has 1 aliphatic carbocycles. The molecule has 0 amide bonds. The van der Waals surface area contributed by atoms with E-state index in [-0.39, 0.29) is 29.8 Å². The first-order chi connectivity index (χ1) is 11.5. The molecule has 1 N–H and O–H groups in total. The molecule has 1 aliphatic rings. The van der Waals surface area contributed by atoms with Gasteiger partial charge in [-0.15, -0.1) is 11.8 Å². The largest absolute Gasteiger partial charge is 0.481 e. The van der Waals surface area contributed by atoms with Crippen LogP contribution in [0.5, 0.6) is 0 Å². The van der Waals surface area contributed by atoms with Gasteiger partial charge >= 0.3 is 5.97 Å². The molecule has 0 saturated heterocycles. The number of allylic oxidation sites excluding steroid dienone is 2. The molecule has 0 aromatic carbocycles. The van der Waals surface area contributed by atoms with Gasteiger partial charge in [0, 0.05) is 38.0 Å². The van der Waals surface area contributed by atoms with E-state index in [9.17, 15) is 14.4 Å². The van der Waals surface area contributed by atoms with Crippen molar-refractivity contribution in [2.24, 2.45) is 11.8 Å². The van der Waals surface area contributed by atoms with Crippen LogP contribution in [0.1, 0.15) is 71.1 Å². The highest BCUT2D eigenvalue weighted by Crippen LogP contribution is 2.32. The predicted octanol–water partition coefficient (Wildman–Crippen LogP) is 3.94. The number of Topliss-reactive ketones (excluding diaryl/α,β-unsaturated/α-hetero) is 1. The summed E-state index contributed by atoms with van der Waals surface area (Å²) in [4.78, 5) is 34.2. The third-order valence-corrected chi connectivity index (χ3v) is 4.35. The van der Waals surface area contributed by atoms with Crippen LogP contribution in [0.3, 0.4) is 0 Å². The lowest BCUT2D eigenvalue weighted by Crippen LogP contribution is -2.12. The molecule has 0 radical (unpaired) electrons. The molecule has 0 spiro atoms. The minimum atomic E-state index is -0.809. The van der Waals surface area contributed by atoms with E-state index < -0.39 is 5.97 Å². The molecule has 0 aromatic heterocycles. The van der Waals surface area contributed by atoms with E-state index in [0.29, 0.717) is 32.1 Å². The zero-order chi connectivity index (χ0) is 17.8. The van der Waals surface area contributed by atoms with Gasteiger partial charge in [-0.1, -0.05) is 25.8 Å². The average molecular weight is 332 g/mol. The van der Waals surface area contributed by atoms with Gasteiger partial charge < -0.3 is 5.11 Å². The van der Waals surface area contributed by atoms with Gasteiger partial charge in [-0.25, -0.2) is 0 Å². The van der Waals surface area contributed by atoms with E-state index in [1.807, 2.05) is 6.08 Å². The molecule has 0 aromatic rings. The van der Waals surface area contributed by atoms with E-state index in [0.717, 1.165) is 25.7 Å². The molecule has 4 nitrogen and oxygen atoms in total. The lowest BCUT2D eigenvalue weighted by molar-refractivity contribution is -0.137. The fraction of sp³-hybridized carbons (Fsp3) is 0.650. The summed E-state index contributed by atoms with van der Waals surface area (Å²) in [7, 11) is 0. The first-order valence-corrected chi connectivity index (χ1v) is 8.95. The summed E-state index contributed by atoms with van der Waals surface area (Å²) in [5.41, 5.74) is 0. The Labute approximate surface area is 144 Å². The lowest BCUT2D eigenvalue weighted by Gasteiger charge is -2.11. The zero-order valence-corrected chi connectivity index (χ0v) is 14.6. The number of carboxylic acid groups (broad SMARTS) is 1. The van der Waals surface area contributed by atoms with Crippen LogP contribution in [0, 0.1) is 23.7 Å². The van der Waals surface area contributed by atoms with E-state index in [2.05, 4.69) is 18.8 Å². The molecule has 24 heavy (non-hydrogen) atoms. The summed E-state index contributed by atoms with van der Waals surface area (Å²) < 4.78 is 0. The van der Waals surface area contributed by atoms with Crippen molar-refractivity contribution in [3.8, 4) is 11.8 Å². The van der Waals surface area contributed by atoms with Crippen LogP contribution in [0.15, 0.2) is 12.2 Å². The van der Waals surface area contributed by atoms with Gasteiger partial charge in [-0.05, 0) is 31.3 Å². The van der Waals surface area contributed by atoms with Crippen molar-refractivity contribution in [3.63, 3.8) is 0 Å². The normalized spacial score (nSPS) is 20.1. The van der Waals surface area contributed by atoms with E-state index in [1.165, 1.54) is 0 Å². The maximum absolute atomic E-state index is 12.0. The maximum Gasteiger partial charge on any atom is 0.303 e. The van der Waals surface area contributed by atoms with Crippen molar-refractivity contribution >= 4 is 17.5 Å². The first-order valence-electron chi connectivity index (χ1n) is 8.95. The van der Waals surface area contributed by atoms with Crippen LogP contribution in [0.2, 0.25) is 0 Å². The van der Waals surface area contributed by atoms with Crippen LogP contribution >= 0.6 is 0 Å². The molecule has 0 bridgehead atoms. The minimum Gasteiger partial charge on any atom is -0.481 e. The highest BCUT2D eigenvalue weighted by Gasteiger charge is 2.32. The van der Waals surface area contributed by atoms with E-state index in [4.69, 9.17) is 5.11 Å². The topological polar surface area (TPSA) is 71.4 Å². The first kappa shape index (κ1) is 20.2. The standard InChI is InChI=1S/C20H28O4/c1-2-3-6-9-17(21)14-12-16-13-15-19(22)18(16)10-7-4-5-8-11-20(23)24/h12,14,16,18H,2-3,5-6,8-11,13,15H2,1H3,(H,23,24)/b14-12+. The second-order valence-corrected chi connectivity index (χ2v) is 6.36. The molecule has 1 rings (SSSR count). The number of carbonyl (C=O) groups is 3. The Hall–Kier alpha value is -1.89. The molecule has 1 saturated carbocycles. The molecular weight excluding hydrogens is 304 g/mol. The van der Waals surface area contributed by atoms with Crippen molar-refractivity contribution in [2.75, 3.05) is 0 Å². The van der Waals surface area contributed by atoms with E-state index >= 15 is 0 Å². The maximum atomic E-state index is 12.0. The van der Waals surface area contributed by atoms with Crippen LogP contribution < -0.4 is 0 Å². The second-order valence-electron chi connectivity index (χ2n) is 6.36. The number of aliphatic carboxylic acids is 1. The lowest BCUT2D eigenvalue weighted by atomic mass is 9.91. The van der Waals surface area contributed by atoms with Crippen LogP contribution in [-0.4, -0.2) is 22.6 Å². The monoisotopic (exact) mass is 332 g/mol. The number of unbranched alkanes of at least 4 members (excludes halogenated alkanes) is 3. The average Bonchev–Trinajstić information content (AvgIpc) is 2.89. The molecular formula is C20H28O4. The molecule has 132 valence electrons. The highest BCUT2D eigenvalue weighted by molar-refractivity contribution is 5.90. The fourth-order valence-corrected chi connectivity index (χ4v) is 2.89. The third-order valence-electron chi connectivity index (χ3n) is 4.35. The van der Waals surface area contributed by atoms with Crippen LogP contribution in [0.4, 0.5) is 0 Å². The number of carbonyl (C=O) groups excluding carboxylic acids is 2. The van der Waals surface area contributed by atoms with Crippen molar-refractivity contribution in [1.82, 2.24) is 0 Å². The number of rotatable bonds is 10. The van der Waals surface area contributed by atoms with Gasteiger partial charge in [0.25, 0.3) is 0 Å².